The van der Waals surface area contributed by atoms with Gasteiger partial charge >= 0.3 is 0 Å². The molecule has 1 aromatic heterocycles. The summed E-state index contributed by atoms with van der Waals surface area (Å²) in [7, 11) is -3.67. The van der Waals surface area contributed by atoms with Gasteiger partial charge in [0.1, 0.15) is 5.76 Å². The molecule has 7 nitrogen and oxygen atoms in total. The van der Waals surface area contributed by atoms with Crippen LogP contribution in [0.5, 0.6) is 0 Å². The van der Waals surface area contributed by atoms with E-state index >= 15 is 0 Å². The highest BCUT2D eigenvalue weighted by Gasteiger charge is 2.37. The first-order valence-electron chi connectivity index (χ1n) is 7.68. The first-order valence-corrected chi connectivity index (χ1v) is 9.53. The first-order chi connectivity index (χ1) is 10.3. The molecule has 0 aromatic carbocycles. The number of hydrogen-bond acceptors (Lipinski definition) is 6. The fraction of sp³-hybridized carbons (Fsp3) is 0.786. The molecule has 0 bridgehead atoms. The van der Waals surface area contributed by atoms with Crippen LogP contribution >= 0.6 is 0 Å². The Hall–Kier alpha value is -1.12. The maximum Gasteiger partial charge on any atom is 0.292 e. The Morgan fingerprint density at radius 2 is 2.14 bits per heavy atom. The third-order valence-electron chi connectivity index (χ3n) is 4.19. The third kappa shape index (κ3) is 4.69. The van der Waals surface area contributed by atoms with Crippen LogP contribution in [0.3, 0.4) is 0 Å². The molecule has 1 fully saturated rings. The van der Waals surface area contributed by atoms with Gasteiger partial charge in [0.05, 0.1) is 11.9 Å². The summed E-state index contributed by atoms with van der Waals surface area (Å²) in [6, 6.07) is 0.999. The van der Waals surface area contributed by atoms with Crippen molar-refractivity contribution in [1.29, 1.82) is 0 Å². The molecule has 2 aliphatic rings. The van der Waals surface area contributed by atoms with Crippen LogP contribution in [0.25, 0.3) is 0 Å². The van der Waals surface area contributed by atoms with E-state index in [1.165, 1.54) is 32.4 Å². The van der Waals surface area contributed by atoms with E-state index < -0.39 is 10.1 Å². The van der Waals surface area contributed by atoms with Gasteiger partial charge in [0.15, 0.2) is 0 Å². The Balaban J connectivity index is 0.000000309. The zero-order chi connectivity index (χ0) is 16.3. The van der Waals surface area contributed by atoms with Crippen LogP contribution in [0.15, 0.2) is 4.42 Å². The number of aromatic nitrogens is 1. The molecule has 0 spiro atoms. The van der Waals surface area contributed by atoms with E-state index in [-0.39, 0.29) is 0 Å². The lowest BCUT2D eigenvalue weighted by Crippen LogP contribution is -2.49. The summed E-state index contributed by atoms with van der Waals surface area (Å²) in [5, 5.41) is 0. The molecular formula is C14H25N3O4S. The maximum absolute atomic E-state index is 9.19. The molecular weight excluding hydrogens is 306 g/mol. The van der Waals surface area contributed by atoms with Gasteiger partial charge in [-0.25, -0.2) is 0 Å². The molecule has 0 unspecified atom stereocenters. The van der Waals surface area contributed by atoms with Crippen LogP contribution in [-0.2, 0) is 23.0 Å². The second-order valence-electron chi connectivity index (χ2n) is 6.07. The number of nitrogens with zero attached hydrogens (tertiary/aromatic N) is 2. The number of anilines is 1. The highest BCUT2D eigenvalue weighted by atomic mass is 32.2. The van der Waals surface area contributed by atoms with Crippen molar-refractivity contribution in [3.63, 3.8) is 0 Å². The van der Waals surface area contributed by atoms with E-state index in [0.29, 0.717) is 18.3 Å². The quantitative estimate of drug-likeness (QED) is 0.787. The fourth-order valence-corrected chi connectivity index (χ4v) is 3.47. The van der Waals surface area contributed by atoms with Gasteiger partial charge in [-0.2, -0.15) is 13.4 Å². The van der Waals surface area contributed by atoms with Crippen LogP contribution in [-0.4, -0.2) is 48.2 Å². The standard InChI is InChI=1S/C13H21N3O.CH4O3S/c1-2-5-16-6-3-4-9-7-10-12(8-11(9)16)17-13(14)15-10;1-5(2,3)4/h9,11H,2-8H2,1H3,(H2,14,15);1H3,(H,2,3,4)/t9-,11-;/m1./s1. The largest absolute Gasteiger partial charge is 0.429 e. The lowest BCUT2D eigenvalue weighted by atomic mass is 9.79. The van der Waals surface area contributed by atoms with Crippen molar-refractivity contribution in [1.82, 2.24) is 9.88 Å². The Labute approximate surface area is 131 Å². The van der Waals surface area contributed by atoms with Crippen LogP contribution in [0, 0.1) is 5.92 Å². The van der Waals surface area contributed by atoms with Crippen molar-refractivity contribution >= 4 is 16.1 Å². The van der Waals surface area contributed by atoms with Gasteiger partial charge in [0.2, 0.25) is 0 Å². The molecule has 0 amide bonds. The van der Waals surface area contributed by atoms with Crippen molar-refractivity contribution in [3.05, 3.63) is 11.5 Å². The molecule has 1 aliphatic heterocycles. The second kappa shape index (κ2) is 6.97. The van der Waals surface area contributed by atoms with E-state index in [1.54, 1.807) is 0 Å². The fourth-order valence-electron chi connectivity index (χ4n) is 3.47. The minimum absolute atomic E-state index is 0.343. The third-order valence-corrected chi connectivity index (χ3v) is 4.19. The molecule has 3 rings (SSSR count). The number of piperidine rings is 1. The van der Waals surface area contributed by atoms with E-state index in [2.05, 4.69) is 16.8 Å². The van der Waals surface area contributed by atoms with Crippen LogP contribution in [0.2, 0.25) is 0 Å². The summed E-state index contributed by atoms with van der Waals surface area (Å²) in [5.41, 5.74) is 6.76. The molecule has 1 aromatic rings. The van der Waals surface area contributed by atoms with E-state index in [0.717, 1.165) is 30.2 Å². The van der Waals surface area contributed by atoms with Gasteiger partial charge in [0, 0.05) is 12.5 Å². The van der Waals surface area contributed by atoms with Gasteiger partial charge in [-0.3, -0.25) is 9.45 Å². The number of fused-ring (bicyclic) bond motifs is 2. The van der Waals surface area contributed by atoms with Crippen LogP contribution in [0.4, 0.5) is 6.01 Å². The number of likely N-dealkylation sites (tertiary alicyclic amines) is 1. The average molecular weight is 331 g/mol. The minimum atomic E-state index is -3.67. The SMILES string of the molecule is CCCN1CCC[C@@H]2Cc3nc(N)oc3C[C@H]21.CS(=O)(=O)O. The number of nitrogen functional groups attached to an aromatic ring is 1. The highest BCUT2D eigenvalue weighted by molar-refractivity contribution is 7.85. The summed E-state index contributed by atoms with van der Waals surface area (Å²) in [4.78, 5) is 6.94. The summed E-state index contributed by atoms with van der Waals surface area (Å²) in [6.07, 6.45) is 6.66. The van der Waals surface area contributed by atoms with Gasteiger partial charge < -0.3 is 10.2 Å². The highest BCUT2D eigenvalue weighted by Crippen LogP contribution is 2.35. The van der Waals surface area contributed by atoms with Crippen molar-refractivity contribution < 1.29 is 17.4 Å². The number of nitrogens with two attached hydrogens (primary N) is 1. The van der Waals surface area contributed by atoms with E-state index in [4.69, 9.17) is 14.7 Å². The maximum atomic E-state index is 9.19. The Morgan fingerprint density at radius 3 is 2.77 bits per heavy atom. The predicted octanol–water partition coefficient (Wildman–Crippen LogP) is 1.35. The molecule has 1 saturated heterocycles. The van der Waals surface area contributed by atoms with Crippen molar-refractivity contribution in [3.8, 4) is 0 Å². The van der Waals surface area contributed by atoms with Gasteiger partial charge in [-0.05, 0) is 44.7 Å². The topological polar surface area (TPSA) is 110 Å². The Bertz CT molecular complexity index is 589. The molecule has 2 atom stereocenters. The van der Waals surface area contributed by atoms with E-state index in [9.17, 15) is 8.42 Å². The molecule has 1 aliphatic carbocycles. The van der Waals surface area contributed by atoms with Crippen LogP contribution in [0.1, 0.15) is 37.6 Å². The van der Waals surface area contributed by atoms with Crippen molar-refractivity contribution in [2.45, 2.75) is 45.1 Å². The molecule has 126 valence electrons. The molecule has 2 heterocycles. The predicted molar refractivity (Wildman–Crippen MR) is 84.2 cm³/mol. The van der Waals surface area contributed by atoms with Gasteiger partial charge in [0.25, 0.3) is 16.1 Å². The van der Waals surface area contributed by atoms with Crippen molar-refractivity contribution in [2.24, 2.45) is 5.92 Å². The molecule has 22 heavy (non-hydrogen) atoms. The van der Waals surface area contributed by atoms with Crippen LogP contribution < -0.4 is 5.73 Å². The number of hydrogen-bond donors (Lipinski definition) is 2. The minimum Gasteiger partial charge on any atom is -0.429 e. The summed E-state index contributed by atoms with van der Waals surface area (Å²) in [6.45, 7) is 4.71. The van der Waals surface area contributed by atoms with Gasteiger partial charge in [-0.15, -0.1) is 0 Å². The summed E-state index contributed by atoms with van der Waals surface area (Å²) in [5.74, 6) is 1.79. The lowest BCUT2D eigenvalue weighted by molar-refractivity contribution is 0.0800. The molecule has 0 radical (unpaired) electrons. The molecule has 3 N–H and O–H groups in total. The Morgan fingerprint density at radius 1 is 1.45 bits per heavy atom. The smallest absolute Gasteiger partial charge is 0.292 e. The van der Waals surface area contributed by atoms with Crippen molar-refractivity contribution in [2.75, 3.05) is 25.1 Å². The first kappa shape index (κ1) is 17.2. The molecule has 8 heteroatoms. The van der Waals surface area contributed by atoms with Gasteiger partial charge in [-0.1, -0.05) is 6.92 Å². The number of rotatable bonds is 2. The monoisotopic (exact) mass is 331 g/mol. The summed E-state index contributed by atoms with van der Waals surface area (Å²) < 4.78 is 31.4. The Kier molecular flexibility index (Phi) is 5.46. The normalized spacial score (nSPS) is 24.9. The van der Waals surface area contributed by atoms with E-state index in [1.807, 2.05) is 0 Å². The second-order valence-corrected chi connectivity index (χ2v) is 7.53. The zero-order valence-corrected chi connectivity index (χ0v) is 14.0. The number of oxazole rings is 1. The zero-order valence-electron chi connectivity index (χ0n) is 13.2. The lowest BCUT2D eigenvalue weighted by Gasteiger charge is -2.43. The summed E-state index contributed by atoms with van der Waals surface area (Å²) >= 11 is 0. The average Bonchev–Trinajstić information content (AvgIpc) is 2.74. The molecule has 0 saturated carbocycles.